The number of nitrogens with one attached hydrogen (secondary N) is 1. The van der Waals surface area contributed by atoms with Crippen LogP contribution >= 0.6 is 0 Å². The molecule has 42 heavy (non-hydrogen) atoms. The standard InChI is InChI=1S/C33H37F5N2O2/c1-21(41)39-31-14-11-30(12-15-31,13-16-31)28(42)40-18-17-32(20-22-3-7-25(34)8-4-22)26-9-6-24(29(2,35)33(36,37)38)19-23(26)5-10-27(32)40/h3-4,6-9,19,27H,5,10-18,20H2,1-2H3,(H,39,41)/t27-,29?,30?,31?,32-/m1/s1. The minimum atomic E-state index is -5.04. The second-order valence-corrected chi connectivity index (χ2v) is 13.4. The summed E-state index contributed by atoms with van der Waals surface area (Å²) in [7, 11) is 0. The summed E-state index contributed by atoms with van der Waals surface area (Å²) in [6, 6.07) is 10.3. The molecular weight excluding hydrogens is 551 g/mol. The van der Waals surface area contributed by atoms with Crippen LogP contribution < -0.4 is 5.32 Å². The Kier molecular flexibility index (Phi) is 6.78. The van der Waals surface area contributed by atoms with Gasteiger partial charge in [0.2, 0.25) is 17.5 Å². The summed E-state index contributed by atoms with van der Waals surface area (Å²) < 4.78 is 69.4. The molecule has 4 aliphatic carbocycles. The highest BCUT2D eigenvalue weighted by atomic mass is 19.4. The van der Waals surface area contributed by atoms with Gasteiger partial charge in [0.05, 0.1) is 0 Å². The molecule has 1 heterocycles. The van der Waals surface area contributed by atoms with Crippen molar-refractivity contribution in [3.05, 3.63) is 70.5 Å². The third kappa shape index (κ3) is 4.53. The van der Waals surface area contributed by atoms with Crippen LogP contribution in [0.2, 0.25) is 0 Å². The number of carbonyl (C=O) groups excluding carboxylic acids is 2. The van der Waals surface area contributed by atoms with E-state index in [-0.39, 0.29) is 29.2 Å². The van der Waals surface area contributed by atoms with Crippen LogP contribution in [0, 0.1) is 11.2 Å². The molecular formula is C33H37F5N2O2. The summed E-state index contributed by atoms with van der Waals surface area (Å²) in [5.74, 6) is -0.269. The molecule has 0 aromatic heterocycles. The van der Waals surface area contributed by atoms with Gasteiger partial charge in [0.15, 0.2) is 0 Å². The van der Waals surface area contributed by atoms with E-state index in [0.717, 1.165) is 30.4 Å². The Balaban J connectivity index is 1.35. The predicted molar refractivity (Wildman–Crippen MR) is 148 cm³/mol. The van der Waals surface area contributed by atoms with Crippen LogP contribution in [0.3, 0.4) is 0 Å². The number of likely N-dealkylation sites (tertiary alicyclic amines) is 1. The Labute approximate surface area is 243 Å². The third-order valence-electron chi connectivity index (χ3n) is 11.1. The molecule has 1 aliphatic heterocycles. The Morgan fingerprint density at radius 2 is 1.60 bits per heavy atom. The van der Waals surface area contributed by atoms with E-state index in [1.165, 1.54) is 31.2 Å². The average molecular weight is 589 g/mol. The van der Waals surface area contributed by atoms with Gasteiger partial charge in [0.25, 0.3) is 0 Å². The van der Waals surface area contributed by atoms with Gasteiger partial charge in [-0.15, -0.1) is 0 Å². The molecule has 226 valence electrons. The van der Waals surface area contributed by atoms with E-state index in [0.29, 0.717) is 64.0 Å². The Morgan fingerprint density at radius 3 is 2.19 bits per heavy atom. The zero-order chi connectivity index (χ0) is 30.1. The Morgan fingerprint density at radius 1 is 0.952 bits per heavy atom. The Bertz CT molecular complexity index is 1380. The van der Waals surface area contributed by atoms with Crippen molar-refractivity contribution in [1.82, 2.24) is 10.2 Å². The number of halogens is 5. The molecule has 2 aromatic rings. The molecule has 0 spiro atoms. The topological polar surface area (TPSA) is 49.4 Å². The normalized spacial score (nSPS) is 31.7. The van der Waals surface area contributed by atoms with Crippen molar-refractivity contribution in [1.29, 1.82) is 0 Å². The smallest absolute Gasteiger partial charge is 0.351 e. The van der Waals surface area contributed by atoms with Crippen LogP contribution in [-0.4, -0.2) is 41.0 Å². The monoisotopic (exact) mass is 588 g/mol. The van der Waals surface area contributed by atoms with Crippen LogP contribution in [0.1, 0.15) is 87.5 Å². The lowest BCUT2D eigenvalue weighted by Crippen LogP contribution is -2.61. The van der Waals surface area contributed by atoms with Crippen molar-refractivity contribution in [2.75, 3.05) is 6.54 Å². The number of aryl methyl sites for hydroxylation is 1. The lowest BCUT2D eigenvalue weighted by molar-refractivity contribution is -0.228. The van der Waals surface area contributed by atoms with E-state index in [9.17, 15) is 31.5 Å². The predicted octanol–water partition coefficient (Wildman–Crippen LogP) is 6.83. The van der Waals surface area contributed by atoms with Crippen molar-refractivity contribution < 1.29 is 31.5 Å². The molecule has 2 bridgehead atoms. The SMILES string of the molecule is CC(=O)NC12CCC(C(=O)N3CC[C@@]4(Cc5ccc(F)cc5)c5ccc(C(C)(F)C(F)(F)F)cc5CC[C@@H]34)(CC1)CC2. The molecule has 7 rings (SSSR count). The van der Waals surface area contributed by atoms with Gasteiger partial charge in [0.1, 0.15) is 5.82 Å². The summed E-state index contributed by atoms with van der Waals surface area (Å²) in [5, 5.41) is 3.14. The maximum atomic E-state index is 15.0. The molecule has 0 radical (unpaired) electrons. The van der Waals surface area contributed by atoms with Crippen molar-refractivity contribution in [2.45, 2.75) is 107 Å². The summed E-state index contributed by atoms with van der Waals surface area (Å²) in [6.07, 6.45) is 1.52. The van der Waals surface area contributed by atoms with Gasteiger partial charge in [0, 0.05) is 35.9 Å². The first-order valence-corrected chi connectivity index (χ1v) is 14.9. The zero-order valence-corrected chi connectivity index (χ0v) is 24.1. The fourth-order valence-corrected chi connectivity index (χ4v) is 8.60. The number of hydrogen-bond acceptors (Lipinski definition) is 2. The molecule has 2 aromatic carbocycles. The lowest BCUT2D eigenvalue weighted by Gasteiger charge is -2.54. The molecule has 1 saturated heterocycles. The van der Waals surface area contributed by atoms with Gasteiger partial charge in [-0.2, -0.15) is 13.2 Å². The first-order valence-electron chi connectivity index (χ1n) is 14.9. The molecule has 1 N–H and O–H groups in total. The van der Waals surface area contributed by atoms with Gasteiger partial charge >= 0.3 is 6.18 Å². The van der Waals surface area contributed by atoms with Gasteiger partial charge < -0.3 is 10.2 Å². The first kappa shape index (κ1) is 29.1. The highest BCUT2D eigenvalue weighted by Gasteiger charge is 2.59. The van der Waals surface area contributed by atoms with Crippen LogP contribution in [0.5, 0.6) is 0 Å². The van der Waals surface area contributed by atoms with Gasteiger partial charge in [-0.05, 0) is 106 Å². The molecule has 9 heteroatoms. The summed E-state index contributed by atoms with van der Waals surface area (Å²) >= 11 is 0. The van der Waals surface area contributed by atoms with Crippen molar-refractivity contribution in [2.24, 2.45) is 5.41 Å². The number of rotatable bonds is 5. The van der Waals surface area contributed by atoms with Crippen LogP contribution in [0.25, 0.3) is 0 Å². The highest BCUT2D eigenvalue weighted by molar-refractivity contribution is 5.84. The number of carbonyl (C=O) groups is 2. The Hall–Kier alpha value is -2.97. The molecule has 5 aliphatic rings. The number of benzene rings is 2. The molecule has 3 atom stereocenters. The maximum absolute atomic E-state index is 15.0. The number of hydrogen-bond donors (Lipinski definition) is 1. The summed E-state index contributed by atoms with van der Waals surface area (Å²) in [6.45, 7) is 2.61. The minimum Gasteiger partial charge on any atom is -0.351 e. The van der Waals surface area contributed by atoms with Crippen molar-refractivity contribution in [3.8, 4) is 0 Å². The summed E-state index contributed by atoms with van der Waals surface area (Å²) in [5.41, 5.74) is -2.75. The van der Waals surface area contributed by atoms with Gasteiger partial charge in [-0.25, -0.2) is 8.78 Å². The van der Waals surface area contributed by atoms with Crippen LogP contribution in [-0.2, 0) is 33.5 Å². The van der Waals surface area contributed by atoms with E-state index in [2.05, 4.69) is 5.32 Å². The van der Waals surface area contributed by atoms with Crippen LogP contribution in [0.15, 0.2) is 42.5 Å². The molecule has 4 nitrogen and oxygen atoms in total. The van der Waals surface area contributed by atoms with E-state index in [1.54, 1.807) is 18.2 Å². The first-order chi connectivity index (χ1) is 19.7. The molecule has 2 amide bonds. The average Bonchev–Trinajstić information content (AvgIpc) is 3.32. The largest absolute Gasteiger partial charge is 0.426 e. The lowest BCUT2D eigenvalue weighted by atomic mass is 9.56. The minimum absolute atomic E-state index is 0.0480. The van der Waals surface area contributed by atoms with Gasteiger partial charge in [-0.3, -0.25) is 9.59 Å². The second-order valence-electron chi connectivity index (χ2n) is 13.4. The molecule has 3 saturated carbocycles. The second kappa shape index (κ2) is 9.78. The maximum Gasteiger partial charge on any atom is 0.426 e. The van der Waals surface area contributed by atoms with Crippen LogP contribution in [0.4, 0.5) is 22.0 Å². The van der Waals surface area contributed by atoms with Gasteiger partial charge in [-0.1, -0.05) is 30.3 Å². The summed E-state index contributed by atoms with van der Waals surface area (Å²) in [4.78, 5) is 28.3. The fraction of sp³-hybridized carbons (Fsp3) is 0.576. The number of amides is 2. The van der Waals surface area contributed by atoms with E-state index < -0.39 is 28.2 Å². The number of nitrogens with zero attached hydrogens (tertiary/aromatic N) is 1. The van der Waals surface area contributed by atoms with E-state index in [1.807, 2.05) is 4.90 Å². The van der Waals surface area contributed by atoms with E-state index in [4.69, 9.17) is 0 Å². The zero-order valence-electron chi connectivity index (χ0n) is 24.1. The fourth-order valence-electron chi connectivity index (χ4n) is 8.60. The third-order valence-corrected chi connectivity index (χ3v) is 11.1. The quantitative estimate of drug-likeness (QED) is 0.390. The van der Waals surface area contributed by atoms with E-state index >= 15 is 0 Å². The number of fused-ring (bicyclic) bond motifs is 6. The van der Waals surface area contributed by atoms with Crippen molar-refractivity contribution in [3.63, 3.8) is 0 Å². The van der Waals surface area contributed by atoms with Crippen molar-refractivity contribution >= 4 is 11.8 Å². The highest BCUT2D eigenvalue weighted by Crippen LogP contribution is 2.56. The number of alkyl halides is 4. The molecule has 4 fully saturated rings. The molecule has 1 unspecified atom stereocenters.